The average molecular weight is 305 g/mol. The van der Waals surface area contributed by atoms with Gasteiger partial charge >= 0.3 is 0 Å². The van der Waals surface area contributed by atoms with Gasteiger partial charge in [0.05, 0.1) is 11.6 Å². The minimum atomic E-state index is 0.470. The number of benzene rings is 2. The van der Waals surface area contributed by atoms with E-state index in [0.717, 1.165) is 33.1 Å². The van der Waals surface area contributed by atoms with Crippen LogP contribution in [0.15, 0.2) is 59.1 Å². The first-order chi connectivity index (χ1) is 10.7. The summed E-state index contributed by atoms with van der Waals surface area (Å²) < 4.78 is 5.88. The molecule has 0 bridgehead atoms. The Morgan fingerprint density at radius 1 is 0.909 bits per heavy atom. The Hall–Kier alpha value is -2.83. The molecular weight excluding hydrogens is 296 g/mol. The highest BCUT2D eigenvalue weighted by Crippen LogP contribution is 2.32. The van der Waals surface area contributed by atoms with E-state index in [1.807, 2.05) is 30.3 Å². The van der Waals surface area contributed by atoms with E-state index >= 15 is 0 Å². The number of hydrogen-bond acceptors (Lipinski definition) is 3. The van der Waals surface area contributed by atoms with Crippen LogP contribution in [-0.2, 0) is 0 Å². The third-order valence-electron chi connectivity index (χ3n) is 3.66. The summed E-state index contributed by atoms with van der Waals surface area (Å²) in [7, 11) is 0. The SMILES string of the molecule is N#Cc1ccc2c(c1)oc1cc(-c3ccc(Cl)nc3)ccc12. The molecule has 0 N–H and O–H groups in total. The zero-order valence-electron chi connectivity index (χ0n) is 11.4. The van der Waals surface area contributed by atoms with E-state index in [4.69, 9.17) is 21.3 Å². The van der Waals surface area contributed by atoms with Crippen LogP contribution in [0.3, 0.4) is 0 Å². The van der Waals surface area contributed by atoms with E-state index in [1.165, 1.54) is 0 Å². The van der Waals surface area contributed by atoms with Crippen LogP contribution in [0.25, 0.3) is 33.1 Å². The molecule has 0 unspecified atom stereocenters. The second-order valence-electron chi connectivity index (χ2n) is 5.01. The third kappa shape index (κ3) is 2.02. The summed E-state index contributed by atoms with van der Waals surface area (Å²) in [5, 5.41) is 11.5. The molecular formula is C18H9ClN2O. The van der Waals surface area contributed by atoms with Gasteiger partial charge < -0.3 is 4.42 Å². The Labute approximate surface area is 131 Å². The maximum Gasteiger partial charge on any atom is 0.136 e. The quantitative estimate of drug-likeness (QED) is 0.456. The van der Waals surface area contributed by atoms with Crippen LogP contribution in [-0.4, -0.2) is 4.98 Å². The molecule has 4 rings (SSSR count). The van der Waals surface area contributed by atoms with Crippen molar-refractivity contribution < 1.29 is 4.42 Å². The molecule has 22 heavy (non-hydrogen) atoms. The Morgan fingerprint density at radius 2 is 1.64 bits per heavy atom. The van der Waals surface area contributed by atoms with Gasteiger partial charge in [-0.05, 0) is 48.0 Å². The number of pyridine rings is 1. The fourth-order valence-electron chi connectivity index (χ4n) is 2.57. The number of nitriles is 1. The van der Waals surface area contributed by atoms with Crippen LogP contribution in [0.1, 0.15) is 5.56 Å². The molecule has 104 valence electrons. The van der Waals surface area contributed by atoms with Gasteiger partial charge in [0, 0.05) is 22.5 Å². The molecule has 0 spiro atoms. The van der Waals surface area contributed by atoms with Crippen molar-refractivity contribution in [2.45, 2.75) is 0 Å². The monoisotopic (exact) mass is 304 g/mol. The van der Waals surface area contributed by atoms with Crippen molar-refractivity contribution in [3.05, 3.63) is 65.4 Å². The molecule has 0 aliphatic heterocycles. The summed E-state index contributed by atoms with van der Waals surface area (Å²) in [6.45, 7) is 0. The highest BCUT2D eigenvalue weighted by atomic mass is 35.5. The van der Waals surface area contributed by atoms with Gasteiger partial charge in [-0.2, -0.15) is 5.26 Å². The van der Waals surface area contributed by atoms with E-state index in [-0.39, 0.29) is 0 Å². The lowest BCUT2D eigenvalue weighted by Crippen LogP contribution is -1.80. The lowest BCUT2D eigenvalue weighted by Gasteiger charge is -2.01. The fraction of sp³-hybridized carbons (Fsp3) is 0. The average Bonchev–Trinajstić information content (AvgIpc) is 2.92. The van der Waals surface area contributed by atoms with Crippen LogP contribution >= 0.6 is 11.6 Å². The topological polar surface area (TPSA) is 49.8 Å². The standard InChI is InChI=1S/C18H9ClN2O/c19-18-6-3-13(10-21-18)12-2-5-15-14-4-1-11(9-20)7-16(14)22-17(15)8-12/h1-8,10H. The van der Waals surface area contributed by atoms with E-state index in [1.54, 1.807) is 24.4 Å². The summed E-state index contributed by atoms with van der Waals surface area (Å²) in [5.41, 5.74) is 4.09. The van der Waals surface area contributed by atoms with Crippen LogP contribution in [0, 0.1) is 11.3 Å². The molecule has 0 atom stereocenters. The van der Waals surface area contributed by atoms with Crippen LogP contribution in [0.4, 0.5) is 0 Å². The van der Waals surface area contributed by atoms with Gasteiger partial charge in [0.25, 0.3) is 0 Å². The Bertz CT molecular complexity index is 1040. The minimum absolute atomic E-state index is 0.470. The lowest BCUT2D eigenvalue weighted by molar-refractivity contribution is 0.669. The Balaban J connectivity index is 1.92. The van der Waals surface area contributed by atoms with Gasteiger partial charge in [0.2, 0.25) is 0 Å². The summed E-state index contributed by atoms with van der Waals surface area (Å²) in [6, 6.07) is 17.3. The predicted molar refractivity (Wildman–Crippen MR) is 86.7 cm³/mol. The van der Waals surface area contributed by atoms with Crippen molar-refractivity contribution in [2.75, 3.05) is 0 Å². The van der Waals surface area contributed by atoms with Gasteiger partial charge in [-0.15, -0.1) is 0 Å². The van der Waals surface area contributed by atoms with Crippen molar-refractivity contribution in [3.8, 4) is 17.2 Å². The highest BCUT2D eigenvalue weighted by Gasteiger charge is 2.09. The first-order valence-corrected chi connectivity index (χ1v) is 7.11. The van der Waals surface area contributed by atoms with Gasteiger partial charge in [-0.25, -0.2) is 4.98 Å². The maximum absolute atomic E-state index is 8.98. The highest BCUT2D eigenvalue weighted by molar-refractivity contribution is 6.29. The van der Waals surface area contributed by atoms with Crippen molar-refractivity contribution in [1.29, 1.82) is 5.26 Å². The van der Waals surface area contributed by atoms with Gasteiger partial charge in [0.15, 0.2) is 0 Å². The zero-order chi connectivity index (χ0) is 15.1. The zero-order valence-corrected chi connectivity index (χ0v) is 12.1. The van der Waals surface area contributed by atoms with Crippen molar-refractivity contribution in [2.24, 2.45) is 0 Å². The molecule has 0 saturated carbocycles. The first kappa shape index (κ1) is 12.9. The van der Waals surface area contributed by atoms with Crippen LogP contribution in [0.5, 0.6) is 0 Å². The number of furan rings is 1. The largest absolute Gasteiger partial charge is 0.456 e. The molecule has 2 aromatic carbocycles. The molecule has 0 aliphatic rings. The van der Waals surface area contributed by atoms with Gasteiger partial charge in [0.1, 0.15) is 16.3 Å². The number of fused-ring (bicyclic) bond motifs is 3. The summed E-state index contributed by atoms with van der Waals surface area (Å²) in [6.07, 6.45) is 1.74. The molecule has 4 aromatic rings. The maximum atomic E-state index is 8.98. The Kier molecular flexibility index (Phi) is 2.85. The van der Waals surface area contributed by atoms with E-state index in [2.05, 4.69) is 11.1 Å². The van der Waals surface area contributed by atoms with Crippen molar-refractivity contribution in [3.63, 3.8) is 0 Å². The number of aromatic nitrogens is 1. The second kappa shape index (κ2) is 4.87. The molecule has 0 amide bonds. The molecule has 0 aliphatic carbocycles. The minimum Gasteiger partial charge on any atom is -0.456 e. The first-order valence-electron chi connectivity index (χ1n) is 6.73. The van der Waals surface area contributed by atoms with Crippen molar-refractivity contribution >= 4 is 33.5 Å². The van der Waals surface area contributed by atoms with Crippen LogP contribution < -0.4 is 0 Å². The second-order valence-corrected chi connectivity index (χ2v) is 5.39. The normalized spacial score (nSPS) is 10.9. The molecule has 3 nitrogen and oxygen atoms in total. The summed E-state index contributed by atoms with van der Waals surface area (Å²) >= 11 is 5.82. The number of halogens is 1. The lowest BCUT2D eigenvalue weighted by atomic mass is 10.0. The Morgan fingerprint density at radius 3 is 2.36 bits per heavy atom. The molecule has 0 radical (unpaired) electrons. The van der Waals surface area contributed by atoms with Gasteiger partial charge in [-0.1, -0.05) is 17.7 Å². The van der Waals surface area contributed by atoms with E-state index in [0.29, 0.717) is 10.7 Å². The molecule has 2 aromatic heterocycles. The number of nitrogens with zero attached hydrogens (tertiary/aromatic N) is 2. The predicted octanol–water partition coefficient (Wildman–Crippen LogP) is 5.17. The molecule has 2 heterocycles. The molecule has 0 fully saturated rings. The van der Waals surface area contributed by atoms with E-state index < -0.39 is 0 Å². The smallest absolute Gasteiger partial charge is 0.136 e. The number of rotatable bonds is 1. The molecule has 0 saturated heterocycles. The third-order valence-corrected chi connectivity index (χ3v) is 3.89. The fourth-order valence-corrected chi connectivity index (χ4v) is 2.68. The van der Waals surface area contributed by atoms with E-state index in [9.17, 15) is 0 Å². The van der Waals surface area contributed by atoms with Gasteiger partial charge in [-0.3, -0.25) is 0 Å². The van der Waals surface area contributed by atoms with Crippen LogP contribution in [0.2, 0.25) is 5.15 Å². The molecule has 4 heteroatoms. The summed E-state index contributed by atoms with van der Waals surface area (Å²) in [4.78, 5) is 4.10. The number of hydrogen-bond donors (Lipinski definition) is 0. The van der Waals surface area contributed by atoms with Crippen molar-refractivity contribution in [1.82, 2.24) is 4.98 Å². The summed E-state index contributed by atoms with van der Waals surface area (Å²) in [5.74, 6) is 0.